The Morgan fingerprint density at radius 2 is 2.00 bits per heavy atom. The largest absolute Gasteiger partial charge is 0.389 e. The highest BCUT2D eigenvalue weighted by Gasteiger charge is 2.36. The van der Waals surface area contributed by atoms with Gasteiger partial charge in [0.25, 0.3) is 0 Å². The molecule has 2 fully saturated rings. The number of nitrogens with zero attached hydrogens (tertiary/aromatic N) is 4. The molecular weight excluding hydrogens is 497 g/mol. The first-order chi connectivity index (χ1) is 18.1. The van der Waals surface area contributed by atoms with Gasteiger partial charge in [0.2, 0.25) is 0 Å². The van der Waals surface area contributed by atoms with E-state index in [0.717, 1.165) is 22.5 Å². The summed E-state index contributed by atoms with van der Waals surface area (Å²) in [5.74, 6) is 0.867. The Hall–Kier alpha value is -3.52. The second-order valence-corrected chi connectivity index (χ2v) is 9.99. The lowest BCUT2D eigenvalue weighted by molar-refractivity contribution is -0.143. The lowest BCUT2D eigenvalue weighted by atomic mass is 10.00. The van der Waals surface area contributed by atoms with E-state index in [1.165, 1.54) is 4.90 Å². The van der Waals surface area contributed by atoms with Crippen LogP contribution in [0.4, 0.5) is 35.3 Å². The molecule has 8 nitrogen and oxygen atoms in total. The molecule has 3 heterocycles. The van der Waals surface area contributed by atoms with Crippen molar-refractivity contribution in [3.05, 3.63) is 35.9 Å². The van der Waals surface area contributed by atoms with E-state index >= 15 is 0 Å². The van der Waals surface area contributed by atoms with E-state index in [1.54, 1.807) is 6.07 Å². The third-order valence-corrected chi connectivity index (χ3v) is 6.83. The van der Waals surface area contributed by atoms with Crippen LogP contribution in [0.1, 0.15) is 31.7 Å². The molecule has 1 aromatic heterocycles. The number of hydrogen-bond acceptors (Lipinski definition) is 6. The number of aromatic nitrogens is 1. The average Bonchev–Trinajstić information content (AvgIpc) is 3.32. The van der Waals surface area contributed by atoms with E-state index in [0.29, 0.717) is 57.2 Å². The number of nitrogens with one attached hydrogen (secondary N) is 2. The van der Waals surface area contributed by atoms with Gasteiger partial charge < -0.3 is 25.2 Å². The van der Waals surface area contributed by atoms with Gasteiger partial charge in [-0.15, -0.1) is 0 Å². The maximum atomic E-state index is 12.8. The molecule has 11 heteroatoms. The van der Waals surface area contributed by atoms with Gasteiger partial charge in [-0.2, -0.15) is 18.4 Å². The second kappa shape index (κ2) is 11.9. The van der Waals surface area contributed by atoms with Gasteiger partial charge in [0.05, 0.1) is 25.7 Å². The van der Waals surface area contributed by atoms with E-state index < -0.39 is 24.5 Å². The molecule has 2 aliphatic heterocycles. The van der Waals surface area contributed by atoms with E-state index in [9.17, 15) is 18.0 Å². The van der Waals surface area contributed by atoms with Gasteiger partial charge in [0.1, 0.15) is 11.6 Å². The number of pyridine rings is 1. The van der Waals surface area contributed by atoms with Crippen LogP contribution in [0.2, 0.25) is 0 Å². The Bertz CT molecular complexity index is 1180. The number of rotatable bonds is 7. The fraction of sp³-hybridized carbons (Fsp3) is 0.519. The predicted octanol–water partition coefficient (Wildman–Crippen LogP) is 5.41. The molecule has 2 N–H and O–H groups in total. The second-order valence-electron chi connectivity index (χ2n) is 9.99. The van der Waals surface area contributed by atoms with Crippen LogP contribution >= 0.6 is 0 Å². The molecule has 204 valence electrons. The van der Waals surface area contributed by atoms with Crippen LogP contribution in [0.15, 0.2) is 30.3 Å². The Balaban J connectivity index is 1.56. The molecule has 0 aliphatic carbocycles. The smallest absolute Gasteiger partial charge is 0.378 e. The van der Waals surface area contributed by atoms with Gasteiger partial charge in [0, 0.05) is 44.3 Å². The van der Waals surface area contributed by atoms with Crippen LogP contribution in [0.25, 0.3) is 11.1 Å². The highest BCUT2D eigenvalue weighted by Crippen LogP contribution is 2.33. The maximum absolute atomic E-state index is 12.8. The third kappa shape index (κ3) is 7.28. The van der Waals surface area contributed by atoms with Crippen molar-refractivity contribution in [2.45, 2.75) is 45.3 Å². The molecule has 2 saturated heterocycles. The summed E-state index contributed by atoms with van der Waals surface area (Å²) in [6.07, 6.45) is -4.43. The van der Waals surface area contributed by atoms with Gasteiger partial charge in [-0.1, -0.05) is 6.07 Å². The van der Waals surface area contributed by atoms with E-state index in [-0.39, 0.29) is 12.6 Å². The number of anilines is 3. The van der Waals surface area contributed by atoms with Crippen molar-refractivity contribution in [3.8, 4) is 17.2 Å². The monoisotopic (exact) mass is 530 g/mol. The molecule has 0 spiro atoms. The van der Waals surface area contributed by atoms with Crippen LogP contribution in [0.5, 0.6) is 0 Å². The quantitative estimate of drug-likeness (QED) is 0.497. The topological polar surface area (TPSA) is 93.5 Å². The Morgan fingerprint density at radius 3 is 2.71 bits per heavy atom. The standard InChI is InChI=1S/C27H33F3N6O2/c1-18-3-4-22(33-26(37)36-8-6-20(17-36)16-27(28,29)30)15-23(18)21-13-24(32-19(2)5-7-31)34-25(14-21)35-9-11-38-12-10-35/h3-4,13-15,19-20H,5-6,8-12,16-17H2,1-2H3,(H,32,34)(H,33,37)/t19?,20-/m0/s1. The van der Waals surface area contributed by atoms with Gasteiger partial charge in [-0.25, -0.2) is 9.78 Å². The fourth-order valence-electron chi connectivity index (χ4n) is 4.86. The highest BCUT2D eigenvalue weighted by atomic mass is 19.4. The first kappa shape index (κ1) is 27.5. The van der Waals surface area contributed by atoms with Crippen molar-refractivity contribution >= 4 is 23.4 Å². The molecule has 38 heavy (non-hydrogen) atoms. The summed E-state index contributed by atoms with van der Waals surface area (Å²) in [7, 11) is 0. The van der Waals surface area contributed by atoms with Crippen LogP contribution in [-0.2, 0) is 4.74 Å². The molecule has 0 saturated carbocycles. The number of nitriles is 1. The van der Waals surface area contributed by atoms with Crippen LogP contribution < -0.4 is 15.5 Å². The number of aryl methyl sites for hydroxylation is 1. The van der Waals surface area contributed by atoms with E-state index in [1.807, 2.05) is 38.1 Å². The summed E-state index contributed by atoms with van der Waals surface area (Å²) in [5.41, 5.74) is 3.34. The number of alkyl halides is 3. The molecule has 1 unspecified atom stereocenters. The van der Waals surface area contributed by atoms with Crippen molar-refractivity contribution in [3.63, 3.8) is 0 Å². The molecule has 2 aromatic rings. The summed E-state index contributed by atoms with van der Waals surface area (Å²) in [4.78, 5) is 21.2. The third-order valence-electron chi connectivity index (χ3n) is 6.83. The van der Waals surface area contributed by atoms with Gasteiger partial charge in [-0.05, 0) is 67.1 Å². The number of ether oxygens (including phenoxy) is 1. The lowest BCUT2D eigenvalue weighted by Gasteiger charge is -2.29. The zero-order valence-corrected chi connectivity index (χ0v) is 21.6. The average molecular weight is 531 g/mol. The molecule has 2 atom stereocenters. The number of likely N-dealkylation sites (tertiary alicyclic amines) is 1. The number of urea groups is 1. The van der Waals surface area contributed by atoms with Gasteiger partial charge in [-0.3, -0.25) is 0 Å². The van der Waals surface area contributed by atoms with Crippen molar-refractivity contribution in [2.75, 3.05) is 54.9 Å². The molecule has 2 aliphatic rings. The van der Waals surface area contributed by atoms with Crippen molar-refractivity contribution in [2.24, 2.45) is 5.92 Å². The minimum Gasteiger partial charge on any atom is -0.378 e. The molecule has 0 bridgehead atoms. The minimum absolute atomic E-state index is 0.0892. The number of hydrogen-bond donors (Lipinski definition) is 2. The number of morpholine rings is 1. The summed E-state index contributed by atoms with van der Waals surface area (Å²) in [6.45, 7) is 6.94. The maximum Gasteiger partial charge on any atom is 0.389 e. The fourth-order valence-corrected chi connectivity index (χ4v) is 4.86. The Morgan fingerprint density at radius 1 is 1.24 bits per heavy atom. The van der Waals surface area contributed by atoms with Gasteiger partial charge in [0.15, 0.2) is 0 Å². The Labute approximate surface area is 220 Å². The number of amides is 2. The SMILES string of the molecule is Cc1ccc(NC(=O)N2CC[C@@H](CC(F)(F)F)C2)cc1-c1cc(NC(C)CC#N)nc(N2CCOCC2)c1. The zero-order valence-electron chi connectivity index (χ0n) is 21.6. The normalized spacial score (nSPS) is 18.7. The molecule has 0 radical (unpaired) electrons. The van der Waals surface area contributed by atoms with Crippen molar-refractivity contribution < 1.29 is 22.7 Å². The number of carbonyl (C=O) groups is 1. The van der Waals surface area contributed by atoms with E-state index in [4.69, 9.17) is 15.0 Å². The molecule has 4 rings (SSSR count). The number of halogens is 3. The predicted molar refractivity (Wildman–Crippen MR) is 140 cm³/mol. The molecule has 2 amide bonds. The van der Waals surface area contributed by atoms with Crippen LogP contribution in [0, 0.1) is 24.2 Å². The summed E-state index contributed by atoms with van der Waals surface area (Å²) in [5, 5.41) is 15.2. The lowest BCUT2D eigenvalue weighted by Crippen LogP contribution is -2.36. The van der Waals surface area contributed by atoms with Gasteiger partial charge >= 0.3 is 12.2 Å². The summed E-state index contributed by atoms with van der Waals surface area (Å²) in [6, 6.07) is 11.2. The van der Waals surface area contributed by atoms with Crippen molar-refractivity contribution in [1.82, 2.24) is 9.88 Å². The Kier molecular flexibility index (Phi) is 8.62. The van der Waals surface area contributed by atoms with Crippen LogP contribution in [0.3, 0.4) is 0 Å². The molecule has 1 aromatic carbocycles. The van der Waals surface area contributed by atoms with Crippen LogP contribution in [-0.4, -0.2) is 67.5 Å². The number of carbonyl (C=O) groups excluding carboxylic acids is 1. The van der Waals surface area contributed by atoms with Crippen molar-refractivity contribution in [1.29, 1.82) is 5.26 Å². The first-order valence-electron chi connectivity index (χ1n) is 12.8. The molecular formula is C27H33F3N6O2. The summed E-state index contributed by atoms with van der Waals surface area (Å²) < 4.78 is 43.8. The number of benzene rings is 1. The first-order valence-corrected chi connectivity index (χ1v) is 12.8. The zero-order chi connectivity index (χ0) is 27.3. The van der Waals surface area contributed by atoms with E-state index in [2.05, 4.69) is 21.6 Å². The minimum atomic E-state index is -4.23. The summed E-state index contributed by atoms with van der Waals surface area (Å²) >= 11 is 0. The highest BCUT2D eigenvalue weighted by molar-refractivity contribution is 5.91.